The number of benzene rings is 1. The molecule has 0 heterocycles. The number of aryl methyl sites for hydroxylation is 2. The van der Waals surface area contributed by atoms with E-state index < -0.39 is 0 Å². The van der Waals surface area contributed by atoms with Crippen LogP contribution in [0.3, 0.4) is 0 Å². The lowest BCUT2D eigenvalue weighted by Gasteiger charge is -1.99. The summed E-state index contributed by atoms with van der Waals surface area (Å²) < 4.78 is 0. The number of nitrogens with one attached hydrogen (secondary N) is 1. The van der Waals surface area contributed by atoms with E-state index in [1.54, 1.807) is 0 Å². The standard InChI is InChI=1S/C13H15NO/c1-10-6-7-11(2)13(9-10)5-4-8-14-12(3)15/h6-7,9H,8H2,1-3H3,(H,14,15). The van der Waals surface area contributed by atoms with Crippen LogP contribution in [0.5, 0.6) is 0 Å². The van der Waals surface area contributed by atoms with Crippen molar-refractivity contribution in [1.82, 2.24) is 5.32 Å². The lowest BCUT2D eigenvalue weighted by Crippen LogP contribution is -2.19. The second-order valence-electron chi connectivity index (χ2n) is 3.53. The van der Waals surface area contributed by atoms with Gasteiger partial charge >= 0.3 is 0 Å². The Hall–Kier alpha value is -1.75. The van der Waals surface area contributed by atoms with Gasteiger partial charge in [-0.25, -0.2) is 0 Å². The summed E-state index contributed by atoms with van der Waals surface area (Å²) in [6, 6.07) is 6.17. The first-order chi connectivity index (χ1) is 7.09. The normalized spacial score (nSPS) is 9.00. The predicted molar refractivity (Wildman–Crippen MR) is 61.5 cm³/mol. The molecule has 1 aromatic rings. The average Bonchev–Trinajstić information content (AvgIpc) is 2.17. The molecule has 1 aromatic carbocycles. The van der Waals surface area contributed by atoms with Gasteiger partial charge in [-0.15, -0.1) is 0 Å². The lowest BCUT2D eigenvalue weighted by molar-refractivity contribution is -0.118. The fourth-order valence-corrected chi connectivity index (χ4v) is 1.18. The fourth-order valence-electron chi connectivity index (χ4n) is 1.18. The van der Waals surface area contributed by atoms with E-state index in [1.165, 1.54) is 12.5 Å². The molecule has 0 radical (unpaired) electrons. The van der Waals surface area contributed by atoms with Gasteiger partial charge in [-0.3, -0.25) is 4.79 Å². The highest BCUT2D eigenvalue weighted by Gasteiger charge is 1.93. The second-order valence-corrected chi connectivity index (χ2v) is 3.53. The summed E-state index contributed by atoms with van der Waals surface area (Å²) in [5.74, 6) is 5.91. The maximum atomic E-state index is 10.6. The predicted octanol–water partition coefficient (Wildman–Crippen LogP) is 1.79. The molecule has 2 nitrogen and oxygen atoms in total. The van der Waals surface area contributed by atoms with E-state index in [1.807, 2.05) is 13.8 Å². The molecule has 0 unspecified atom stereocenters. The number of carbonyl (C=O) groups is 1. The minimum atomic E-state index is -0.0507. The molecule has 0 saturated heterocycles. The smallest absolute Gasteiger partial charge is 0.217 e. The van der Waals surface area contributed by atoms with Gasteiger partial charge in [-0.2, -0.15) is 0 Å². The SMILES string of the molecule is CC(=O)NCC#Cc1cc(C)ccc1C. The van der Waals surface area contributed by atoms with E-state index in [-0.39, 0.29) is 5.91 Å². The monoisotopic (exact) mass is 201 g/mol. The van der Waals surface area contributed by atoms with E-state index >= 15 is 0 Å². The first-order valence-electron chi connectivity index (χ1n) is 4.90. The third-order valence-corrected chi connectivity index (χ3v) is 2.04. The molecule has 0 aliphatic heterocycles. The summed E-state index contributed by atoms with van der Waals surface area (Å²) in [5, 5.41) is 2.64. The number of hydrogen-bond acceptors (Lipinski definition) is 1. The third-order valence-electron chi connectivity index (χ3n) is 2.04. The first kappa shape index (κ1) is 11.3. The van der Waals surface area contributed by atoms with E-state index in [9.17, 15) is 4.79 Å². The summed E-state index contributed by atoms with van der Waals surface area (Å²) in [6.07, 6.45) is 0. The van der Waals surface area contributed by atoms with Crippen molar-refractivity contribution in [2.24, 2.45) is 0 Å². The van der Waals surface area contributed by atoms with Crippen molar-refractivity contribution in [3.05, 3.63) is 34.9 Å². The van der Waals surface area contributed by atoms with Crippen molar-refractivity contribution in [2.45, 2.75) is 20.8 Å². The molecular formula is C13H15NO. The molecule has 1 N–H and O–H groups in total. The van der Waals surface area contributed by atoms with Crippen LogP contribution < -0.4 is 5.32 Å². The minimum Gasteiger partial charge on any atom is -0.345 e. The van der Waals surface area contributed by atoms with Gasteiger partial charge in [0.15, 0.2) is 0 Å². The van der Waals surface area contributed by atoms with Gasteiger partial charge in [0.25, 0.3) is 0 Å². The zero-order valence-electron chi connectivity index (χ0n) is 9.35. The Labute approximate surface area is 90.7 Å². The van der Waals surface area contributed by atoms with Crippen LogP contribution >= 0.6 is 0 Å². The first-order valence-corrected chi connectivity index (χ1v) is 4.90. The molecule has 1 rings (SSSR count). The van der Waals surface area contributed by atoms with Gasteiger partial charge in [0.1, 0.15) is 0 Å². The number of amides is 1. The lowest BCUT2D eigenvalue weighted by atomic mass is 10.1. The molecule has 0 aromatic heterocycles. The number of carbonyl (C=O) groups excluding carboxylic acids is 1. The molecule has 1 amide bonds. The summed E-state index contributed by atoms with van der Waals surface area (Å²) in [6.45, 7) is 5.96. The van der Waals surface area contributed by atoms with Crippen LogP contribution in [0.1, 0.15) is 23.6 Å². The Balaban J connectivity index is 2.71. The molecule has 0 spiro atoms. The van der Waals surface area contributed by atoms with E-state index in [0.29, 0.717) is 6.54 Å². The van der Waals surface area contributed by atoms with E-state index in [0.717, 1.165) is 11.1 Å². The summed E-state index contributed by atoms with van der Waals surface area (Å²) in [4.78, 5) is 10.6. The molecule has 78 valence electrons. The maximum absolute atomic E-state index is 10.6. The van der Waals surface area contributed by atoms with Crippen molar-refractivity contribution < 1.29 is 4.79 Å². The van der Waals surface area contributed by atoms with Gasteiger partial charge < -0.3 is 5.32 Å². The molecule has 0 saturated carbocycles. The quantitative estimate of drug-likeness (QED) is 0.690. The Kier molecular flexibility index (Phi) is 3.93. The Morgan fingerprint density at radius 3 is 2.80 bits per heavy atom. The van der Waals surface area contributed by atoms with Crippen LogP contribution in [0, 0.1) is 25.7 Å². The highest BCUT2D eigenvalue weighted by molar-refractivity contribution is 5.73. The summed E-state index contributed by atoms with van der Waals surface area (Å²) in [5.41, 5.74) is 3.39. The number of rotatable bonds is 1. The molecule has 0 aliphatic carbocycles. The average molecular weight is 201 g/mol. The topological polar surface area (TPSA) is 29.1 Å². The largest absolute Gasteiger partial charge is 0.345 e. The highest BCUT2D eigenvalue weighted by atomic mass is 16.1. The van der Waals surface area contributed by atoms with Crippen LogP contribution in [-0.4, -0.2) is 12.5 Å². The minimum absolute atomic E-state index is 0.0507. The van der Waals surface area contributed by atoms with Gasteiger partial charge in [0.05, 0.1) is 6.54 Å². The third kappa shape index (κ3) is 3.86. The van der Waals surface area contributed by atoms with Crippen molar-refractivity contribution in [1.29, 1.82) is 0 Å². The zero-order valence-corrected chi connectivity index (χ0v) is 9.35. The summed E-state index contributed by atoms with van der Waals surface area (Å²) >= 11 is 0. The highest BCUT2D eigenvalue weighted by Crippen LogP contribution is 2.08. The molecule has 0 bridgehead atoms. The maximum Gasteiger partial charge on any atom is 0.217 e. The van der Waals surface area contributed by atoms with Gasteiger partial charge in [0.2, 0.25) is 5.91 Å². The van der Waals surface area contributed by atoms with Crippen LogP contribution in [0.25, 0.3) is 0 Å². The van der Waals surface area contributed by atoms with Crippen molar-refractivity contribution in [2.75, 3.05) is 6.54 Å². The molecular weight excluding hydrogens is 186 g/mol. The van der Waals surface area contributed by atoms with Crippen molar-refractivity contribution >= 4 is 5.91 Å². The van der Waals surface area contributed by atoms with Crippen LogP contribution in [0.15, 0.2) is 18.2 Å². The van der Waals surface area contributed by atoms with Gasteiger partial charge in [-0.1, -0.05) is 24.0 Å². The Bertz CT molecular complexity index is 424. The summed E-state index contributed by atoms with van der Waals surface area (Å²) in [7, 11) is 0. The molecule has 2 heteroatoms. The molecule has 0 fully saturated rings. The van der Waals surface area contributed by atoms with E-state index in [2.05, 4.69) is 35.4 Å². The Morgan fingerprint density at radius 2 is 2.13 bits per heavy atom. The van der Waals surface area contributed by atoms with Crippen LogP contribution in [0.2, 0.25) is 0 Å². The van der Waals surface area contributed by atoms with Gasteiger partial charge in [-0.05, 0) is 31.0 Å². The second kappa shape index (κ2) is 5.21. The van der Waals surface area contributed by atoms with Gasteiger partial charge in [0, 0.05) is 12.5 Å². The number of hydrogen-bond donors (Lipinski definition) is 1. The molecule has 0 aliphatic rings. The van der Waals surface area contributed by atoms with Crippen LogP contribution in [0.4, 0.5) is 0 Å². The van der Waals surface area contributed by atoms with Crippen LogP contribution in [-0.2, 0) is 4.79 Å². The zero-order chi connectivity index (χ0) is 11.3. The van der Waals surface area contributed by atoms with Crippen molar-refractivity contribution in [3.8, 4) is 11.8 Å². The van der Waals surface area contributed by atoms with E-state index in [4.69, 9.17) is 0 Å². The van der Waals surface area contributed by atoms with Crippen molar-refractivity contribution in [3.63, 3.8) is 0 Å². The molecule has 15 heavy (non-hydrogen) atoms. The Morgan fingerprint density at radius 1 is 1.40 bits per heavy atom. The molecule has 0 atom stereocenters. The fraction of sp³-hybridized carbons (Fsp3) is 0.308.